The number of hydrogen-bond acceptors (Lipinski definition) is 2. The topological polar surface area (TPSA) is 38.0 Å². The fourth-order valence-electron chi connectivity index (χ4n) is 1.14. The molecule has 2 nitrogen and oxygen atoms in total. The van der Waals surface area contributed by atoms with Crippen molar-refractivity contribution >= 4 is 27.3 Å². The summed E-state index contributed by atoms with van der Waals surface area (Å²) in [5.74, 6) is -0.308. The smallest absolute Gasteiger partial charge is 0.139 e. The maximum absolute atomic E-state index is 13.4. The molecule has 3 N–H and O–H groups in total. The quantitative estimate of drug-likeness (QED) is 0.807. The molecule has 0 aliphatic heterocycles. The summed E-state index contributed by atoms with van der Waals surface area (Å²) >= 11 is 3.10. The molecule has 0 radical (unpaired) electrons. The zero-order valence-electron chi connectivity index (χ0n) is 10.1. The van der Waals surface area contributed by atoms with E-state index < -0.39 is 0 Å². The van der Waals surface area contributed by atoms with Gasteiger partial charge in [-0.1, -0.05) is 20.8 Å². The van der Waals surface area contributed by atoms with Crippen molar-refractivity contribution in [3.63, 3.8) is 0 Å². The number of hydrogen-bond donors (Lipinski definition) is 2. The Balaban J connectivity index is 2.94. The fraction of sp³-hybridized carbons (Fsp3) is 0.500. The van der Waals surface area contributed by atoms with Gasteiger partial charge in [-0.15, -0.1) is 0 Å². The van der Waals surface area contributed by atoms with Crippen LogP contribution in [0.1, 0.15) is 27.7 Å². The lowest BCUT2D eigenvalue weighted by Gasteiger charge is -2.29. The Kier molecular flexibility index (Phi) is 3.84. The highest BCUT2D eigenvalue weighted by atomic mass is 79.9. The molecule has 0 bridgehead atoms. The lowest BCUT2D eigenvalue weighted by molar-refractivity contribution is 0.359. The number of benzene rings is 1. The Bertz CT molecular complexity index is 385. The standard InChI is InChI=1S/C12H18BrFN2/c1-7(12(2,3)4)16-11-6-9(14)8(13)5-10(11)15/h5-7,16H,15H2,1-4H3. The van der Waals surface area contributed by atoms with E-state index in [1.807, 2.05) is 0 Å². The van der Waals surface area contributed by atoms with Crippen LogP contribution in [0.2, 0.25) is 0 Å². The van der Waals surface area contributed by atoms with Gasteiger partial charge >= 0.3 is 0 Å². The SMILES string of the molecule is CC(Nc1cc(F)c(Br)cc1N)C(C)(C)C. The van der Waals surface area contributed by atoms with Crippen molar-refractivity contribution in [1.29, 1.82) is 0 Å². The van der Waals surface area contributed by atoms with Gasteiger partial charge < -0.3 is 11.1 Å². The van der Waals surface area contributed by atoms with E-state index in [0.717, 1.165) is 0 Å². The summed E-state index contributed by atoms with van der Waals surface area (Å²) < 4.78 is 13.8. The lowest BCUT2D eigenvalue weighted by atomic mass is 9.88. The zero-order valence-corrected chi connectivity index (χ0v) is 11.7. The highest BCUT2D eigenvalue weighted by Gasteiger charge is 2.20. The van der Waals surface area contributed by atoms with Crippen LogP contribution in [-0.2, 0) is 0 Å². The number of nitrogens with two attached hydrogens (primary N) is 1. The van der Waals surface area contributed by atoms with Crippen LogP contribution in [0.25, 0.3) is 0 Å². The Morgan fingerprint density at radius 2 is 1.94 bits per heavy atom. The molecule has 1 aromatic rings. The van der Waals surface area contributed by atoms with E-state index in [1.54, 1.807) is 6.07 Å². The van der Waals surface area contributed by atoms with Gasteiger partial charge in [0.05, 0.1) is 15.8 Å². The largest absolute Gasteiger partial charge is 0.397 e. The number of nitrogen functional groups attached to an aromatic ring is 1. The first-order valence-electron chi connectivity index (χ1n) is 5.23. The van der Waals surface area contributed by atoms with Gasteiger partial charge in [-0.2, -0.15) is 0 Å². The molecule has 1 rings (SSSR count). The number of rotatable bonds is 2. The molecule has 0 saturated heterocycles. The minimum Gasteiger partial charge on any atom is -0.397 e. The first-order chi connectivity index (χ1) is 7.21. The summed E-state index contributed by atoms with van der Waals surface area (Å²) in [6.07, 6.45) is 0. The Hall–Kier alpha value is -0.770. The van der Waals surface area contributed by atoms with Gasteiger partial charge in [0.2, 0.25) is 0 Å². The van der Waals surface area contributed by atoms with Crippen molar-refractivity contribution in [1.82, 2.24) is 0 Å². The molecule has 1 atom stereocenters. The van der Waals surface area contributed by atoms with Crippen LogP contribution in [0.4, 0.5) is 15.8 Å². The monoisotopic (exact) mass is 288 g/mol. The lowest BCUT2D eigenvalue weighted by Crippen LogP contribution is -2.31. The molecule has 90 valence electrons. The van der Waals surface area contributed by atoms with Crippen LogP contribution in [0.15, 0.2) is 16.6 Å². The molecule has 1 aromatic carbocycles. The van der Waals surface area contributed by atoms with Gasteiger partial charge in [-0.3, -0.25) is 0 Å². The average molecular weight is 289 g/mol. The van der Waals surface area contributed by atoms with E-state index >= 15 is 0 Å². The van der Waals surface area contributed by atoms with E-state index in [0.29, 0.717) is 15.8 Å². The molecule has 0 saturated carbocycles. The molecule has 16 heavy (non-hydrogen) atoms. The molecule has 0 aromatic heterocycles. The van der Waals surface area contributed by atoms with E-state index in [2.05, 4.69) is 48.9 Å². The summed E-state index contributed by atoms with van der Waals surface area (Å²) in [5.41, 5.74) is 7.10. The normalized spacial score (nSPS) is 13.6. The third-order valence-corrected chi connectivity index (χ3v) is 3.37. The van der Waals surface area contributed by atoms with Gasteiger partial charge in [0.1, 0.15) is 5.82 Å². The van der Waals surface area contributed by atoms with E-state index in [4.69, 9.17) is 5.73 Å². The van der Waals surface area contributed by atoms with Crippen LogP contribution in [-0.4, -0.2) is 6.04 Å². The van der Waals surface area contributed by atoms with Crippen molar-refractivity contribution < 1.29 is 4.39 Å². The molecule has 0 spiro atoms. The molecule has 1 unspecified atom stereocenters. The number of halogens is 2. The minimum atomic E-state index is -0.308. The van der Waals surface area contributed by atoms with Gasteiger partial charge in [-0.05, 0) is 34.3 Å². The first-order valence-corrected chi connectivity index (χ1v) is 6.02. The average Bonchev–Trinajstić information content (AvgIpc) is 2.12. The Morgan fingerprint density at radius 1 is 1.38 bits per heavy atom. The highest BCUT2D eigenvalue weighted by Crippen LogP contribution is 2.29. The summed E-state index contributed by atoms with van der Waals surface area (Å²) in [7, 11) is 0. The third-order valence-electron chi connectivity index (χ3n) is 2.76. The van der Waals surface area contributed by atoms with Crippen LogP contribution in [0.3, 0.4) is 0 Å². The molecule has 0 fully saturated rings. The van der Waals surface area contributed by atoms with E-state index in [-0.39, 0.29) is 17.3 Å². The predicted molar refractivity (Wildman–Crippen MR) is 71.1 cm³/mol. The van der Waals surface area contributed by atoms with Crippen LogP contribution in [0.5, 0.6) is 0 Å². The summed E-state index contributed by atoms with van der Waals surface area (Å²) in [6, 6.07) is 3.20. The zero-order chi connectivity index (χ0) is 12.5. The molecule has 4 heteroatoms. The molecule has 0 aliphatic carbocycles. The second-order valence-electron chi connectivity index (χ2n) is 5.09. The molecular weight excluding hydrogens is 271 g/mol. The van der Waals surface area contributed by atoms with Gasteiger partial charge in [0, 0.05) is 12.1 Å². The number of nitrogens with one attached hydrogen (secondary N) is 1. The fourth-order valence-corrected chi connectivity index (χ4v) is 1.50. The van der Waals surface area contributed by atoms with Crippen molar-refractivity contribution in [2.24, 2.45) is 5.41 Å². The maximum Gasteiger partial charge on any atom is 0.139 e. The maximum atomic E-state index is 13.4. The first kappa shape index (κ1) is 13.3. The molecular formula is C12H18BrFN2. The van der Waals surface area contributed by atoms with Crippen molar-refractivity contribution in [2.45, 2.75) is 33.7 Å². The van der Waals surface area contributed by atoms with Crippen LogP contribution >= 0.6 is 15.9 Å². The second kappa shape index (κ2) is 4.62. The summed E-state index contributed by atoms with van der Waals surface area (Å²) in [5, 5.41) is 3.23. The van der Waals surface area contributed by atoms with Gasteiger partial charge in [-0.25, -0.2) is 4.39 Å². The summed E-state index contributed by atoms with van der Waals surface area (Å²) in [4.78, 5) is 0. The van der Waals surface area contributed by atoms with Gasteiger partial charge in [0.25, 0.3) is 0 Å². The molecule has 0 aliphatic rings. The van der Waals surface area contributed by atoms with Crippen molar-refractivity contribution in [3.05, 3.63) is 22.4 Å². The molecule has 0 amide bonds. The second-order valence-corrected chi connectivity index (χ2v) is 5.94. The highest BCUT2D eigenvalue weighted by molar-refractivity contribution is 9.10. The van der Waals surface area contributed by atoms with Crippen LogP contribution in [0, 0.1) is 11.2 Å². The minimum absolute atomic E-state index is 0.0932. The molecule has 0 heterocycles. The van der Waals surface area contributed by atoms with E-state index in [1.165, 1.54) is 6.07 Å². The summed E-state index contributed by atoms with van der Waals surface area (Å²) in [6.45, 7) is 8.42. The van der Waals surface area contributed by atoms with Gasteiger partial charge in [0.15, 0.2) is 0 Å². The van der Waals surface area contributed by atoms with Crippen LogP contribution < -0.4 is 11.1 Å². The Morgan fingerprint density at radius 3 is 2.44 bits per heavy atom. The van der Waals surface area contributed by atoms with Crippen molar-refractivity contribution in [2.75, 3.05) is 11.1 Å². The number of anilines is 2. The van der Waals surface area contributed by atoms with Crippen molar-refractivity contribution in [3.8, 4) is 0 Å². The van der Waals surface area contributed by atoms with E-state index in [9.17, 15) is 4.39 Å². The Labute approximate surface area is 105 Å². The third kappa shape index (κ3) is 3.11. The predicted octanol–water partition coefficient (Wildman–Crippen LogP) is 4.02.